The molecule has 174 valence electrons. The molecule has 0 bridgehead atoms. The number of esters is 1. The second-order valence-electron chi connectivity index (χ2n) is 7.55. The Kier molecular flexibility index (Phi) is 6.59. The minimum absolute atomic E-state index is 0.165. The van der Waals surface area contributed by atoms with Gasteiger partial charge in [0.15, 0.2) is 6.61 Å². The Labute approximate surface area is 190 Å². The minimum atomic E-state index is -3.92. The summed E-state index contributed by atoms with van der Waals surface area (Å²) in [6.45, 7) is 2.23. The van der Waals surface area contributed by atoms with E-state index in [9.17, 15) is 22.4 Å². The van der Waals surface area contributed by atoms with Gasteiger partial charge in [-0.05, 0) is 30.2 Å². The highest BCUT2D eigenvalue weighted by molar-refractivity contribution is 7.89. The number of aromatic amines is 1. The lowest BCUT2D eigenvalue weighted by Crippen LogP contribution is -2.40. The van der Waals surface area contributed by atoms with Gasteiger partial charge in [0.2, 0.25) is 15.8 Å². The highest BCUT2D eigenvalue weighted by Gasteiger charge is 2.28. The number of fused-ring (bicyclic) bond motifs is 1. The number of aryl methyl sites for hydroxylation is 1. The van der Waals surface area contributed by atoms with Gasteiger partial charge >= 0.3 is 5.97 Å². The largest absolute Gasteiger partial charge is 0.454 e. The number of benzene rings is 2. The third-order valence-electron chi connectivity index (χ3n) is 5.58. The van der Waals surface area contributed by atoms with E-state index >= 15 is 0 Å². The number of halogens is 1. The van der Waals surface area contributed by atoms with Crippen LogP contribution in [0.3, 0.4) is 0 Å². The van der Waals surface area contributed by atoms with Crippen molar-refractivity contribution in [2.75, 3.05) is 32.9 Å². The molecule has 2 heterocycles. The molecule has 1 aromatic heterocycles. The Hall–Kier alpha value is -3.08. The molecule has 0 spiro atoms. The van der Waals surface area contributed by atoms with Crippen LogP contribution in [0.1, 0.15) is 33.2 Å². The number of ketones is 1. The lowest BCUT2D eigenvalue weighted by molar-refractivity contribution is 0.0470. The van der Waals surface area contributed by atoms with E-state index in [0.29, 0.717) is 10.9 Å². The molecule has 0 amide bonds. The Balaban J connectivity index is 1.51. The maximum atomic E-state index is 14.3. The van der Waals surface area contributed by atoms with Crippen molar-refractivity contribution in [3.63, 3.8) is 0 Å². The predicted molar refractivity (Wildman–Crippen MR) is 118 cm³/mol. The van der Waals surface area contributed by atoms with Gasteiger partial charge in [-0.1, -0.05) is 25.1 Å². The standard InChI is InChI=1S/C23H23FN2O6S/c1-2-15-4-3-5-17-19(13-25-22(15)17)21(27)14-32-23(28)18-12-16(6-7-20(18)24)33(29,30)26-8-10-31-11-9-26/h3-7,12-13,25H,2,8-11,14H2,1H3. The first kappa shape index (κ1) is 23.1. The normalized spacial score (nSPS) is 15.0. The fraction of sp³-hybridized carbons (Fsp3) is 0.304. The van der Waals surface area contributed by atoms with Crippen molar-refractivity contribution >= 4 is 32.7 Å². The Morgan fingerprint density at radius 2 is 1.91 bits per heavy atom. The van der Waals surface area contributed by atoms with Gasteiger partial charge in [-0.3, -0.25) is 4.79 Å². The van der Waals surface area contributed by atoms with Crippen molar-refractivity contribution in [3.05, 3.63) is 65.1 Å². The number of aromatic nitrogens is 1. The van der Waals surface area contributed by atoms with Crippen LogP contribution in [-0.4, -0.2) is 62.4 Å². The first-order valence-corrected chi connectivity index (χ1v) is 11.9. The fourth-order valence-electron chi connectivity index (χ4n) is 3.79. The van der Waals surface area contributed by atoms with Crippen molar-refractivity contribution in [1.29, 1.82) is 0 Å². The van der Waals surface area contributed by atoms with E-state index in [1.807, 2.05) is 19.1 Å². The third kappa shape index (κ3) is 4.54. The van der Waals surface area contributed by atoms with Gasteiger partial charge in [0, 0.05) is 35.8 Å². The van der Waals surface area contributed by atoms with E-state index in [2.05, 4.69) is 4.98 Å². The number of para-hydroxylation sites is 1. The maximum Gasteiger partial charge on any atom is 0.341 e. The molecule has 2 aromatic carbocycles. The molecule has 1 fully saturated rings. The van der Waals surface area contributed by atoms with E-state index in [1.165, 1.54) is 4.31 Å². The SMILES string of the molecule is CCc1cccc2c(C(=O)COC(=O)c3cc(S(=O)(=O)N4CCOCC4)ccc3F)c[nH]c12. The molecule has 0 atom stereocenters. The molecular formula is C23H23FN2O6S. The highest BCUT2D eigenvalue weighted by atomic mass is 32.2. The monoisotopic (exact) mass is 474 g/mol. The summed E-state index contributed by atoms with van der Waals surface area (Å²) in [6.07, 6.45) is 2.33. The molecule has 1 aliphatic heterocycles. The van der Waals surface area contributed by atoms with Crippen LogP contribution >= 0.6 is 0 Å². The lowest BCUT2D eigenvalue weighted by atomic mass is 10.1. The summed E-state index contributed by atoms with van der Waals surface area (Å²) < 4.78 is 51.4. The average Bonchev–Trinajstić information content (AvgIpc) is 3.27. The number of morpholine rings is 1. The topological polar surface area (TPSA) is 106 Å². The number of nitrogens with one attached hydrogen (secondary N) is 1. The smallest absolute Gasteiger partial charge is 0.341 e. The number of carbonyl (C=O) groups is 2. The summed E-state index contributed by atoms with van der Waals surface area (Å²) >= 11 is 0. The summed E-state index contributed by atoms with van der Waals surface area (Å²) in [5.41, 5.74) is 1.69. The van der Waals surface area contributed by atoms with Gasteiger partial charge in [0.1, 0.15) is 5.82 Å². The molecule has 0 unspecified atom stereocenters. The quantitative estimate of drug-likeness (QED) is 0.417. The van der Waals surface area contributed by atoms with E-state index in [0.717, 1.165) is 35.7 Å². The van der Waals surface area contributed by atoms with Gasteiger partial charge in [0.25, 0.3) is 0 Å². The number of rotatable bonds is 7. The first-order valence-electron chi connectivity index (χ1n) is 10.5. The predicted octanol–water partition coefficient (Wildman–Crippen LogP) is 2.93. The van der Waals surface area contributed by atoms with Crippen molar-refractivity contribution in [3.8, 4) is 0 Å². The minimum Gasteiger partial charge on any atom is -0.454 e. The molecule has 0 radical (unpaired) electrons. The Morgan fingerprint density at radius 3 is 2.64 bits per heavy atom. The molecule has 3 aromatic rings. The fourth-order valence-corrected chi connectivity index (χ4v) is 5.22. The van der Waals surface area contributed by atoms with Gasteiger partial charge in [-0.25, -0.2) is 17.6 Å². The highest BCUT2D eigenvalue weighted by Crippen LogP contribution is 2.24. The summed E-state index contributed by atoms with van der Waals surface area (Å²) in [7, 11) is -3.92. The van der Waals surface area contributed by atoms with E-state index in [1.54, 1.807) is 12.3 Å². The zero-order chi connectivity index (χ0) is 23.6. The third-order valence-corrected chi connectivity index (χ3v) is 7.48. The molecule has 8 nitrogen and oxygen atoms in total. The number of hydrogen-bond acceptors (Lipinski definition) is 6. The van der Waals surface area contributed by atoms with E-state index < -0.39 is 39.8 Å². The van der Waals surface area contributed by atoms with Crippen LogP contribution in [0.5, 0.6) is 0 Å². The molecule has 1 N–H and O–H groups in total. The molecule has 4 rings (SSSR count). The summed E-state index contributed by atoms with van der Waals surface area (Å²) in [5.74, 6) is -2.51. The number of sulfonamides is 1. The van der Waals surface area contributed by atoms with Crippen molar-refractivity contribution < 1.29 is 31.9 Å². The number of Topliss-reactive ketones (excluding diaryl/α,β-unsaturated/α-hetero) is 1. The van der Waals surface area contributed by atoms with Gasteiger partial charge in [-0.15, -0.1) is 0 Å². The van der Waals surface area contributed by atoms with Gasteiger partial charge in [0.05, 0.1) is 23.7 Å². The average molecular weight is 475 g/mol. The van der Waals surface area contributed by atoms with Crippen LogP contribution < -0.4 is 0 Å². The molecular weight excluding hydrogens is 451 g/mol. The van der Waals surface area contributed by atoms with Gasteiger partial charge in [-0.2, -0.15) is 4.31 Å². The molecule has 1 aliphatic rings. The molecule has 0 aliphatic carbocycles. The van der Waals surface area contributed by atoms with E-state index in [-0.39, 0.29) is 31.2 Å². The maximum absolute atomic E-state index is 14.3. The number of carbonyl (C=O) groups excluding carboxylic acids is 2. The Bertz CT molecular complexity index is 1310. The van der Waals surface area contributed by atoms with Crippen LogP contribution in [0.15, 0.2) is 47.5 Å². The number of H-pyrrole nitrogens is 1. The second-order valence-corrected chi connectivity index (χ2v) is 9.49. The number of hydrogen-bond donors (Lipinski definition) is 1. The second kappa shape index (κ2) is 9.42. The van der Waals surface area contributed by atoms with Crippen LogP contribution in [0.4, 0.5) is 4.39 Å². The van der Waals surface area contributed by atoms with Crippen LogP contribution in [-0.2, 0) is 25.9 Å². The molecule has 1 saturated heterocycles. The molecule has 10 heteroatoms. The zero-order valence-corrected chi connectivity index (χ0v) is 18.8. The van der Waals surface area contributed by atoms with Gasteiger partial charge < -0.3 is 14.5 Å². The molecule has 0 saturated carbocycles. The first-order chi connectivity index (χ1) is 15.8. The van der Waals surface area contributed by atoms with Crippen molar-refractivity contribution in [2.24, 2.45) is 0 Å². The number of ether oxygens (including phenoxy) is 2. The van der Waals surface area contributed by atoms with Crippen molar-refractivity contribution in [2.45, 2.75) is 18.2 Å². The number of nitrogens with zero attached hydrogens (tertiary/aromatic N) is 1. The van der Waals surface area contributed by atoms with Crippen LogP contribution in [0.25, 0.3) is 10.9 Å². The lowest BCUT2D eigenvalue weighted by Gasteiger charge is -2.26. The molecule has 33 heavy (non-hydrogen) atoms. The summed E-state index contributed by atoms with van der Waals surface area (Å²) in [6, 6.07) is 8.52. The summed E-state index contributed by atoms with van der Waals surface area (Å²) in [4.78, 5) is 28.0. The summed E-state index contributed by atoms with van der Waals surface area (Å²) in [5, 5.41) is 0.709. The van der Waals surface area contributed by atoms with Crippen molar-refractivity contribution in [1.82, 2.24) is 9.29 Å². The Morgan fingerprint density at radius 1 is 1.15 bits per heavy atom. The van der Waals surface area contributed by atoms with E-state index in [4.69, 9.17) is 9.47 Å². The van der Waals surface area contributed by atoms with Crippen LogP contribution in [0.2, 0.25) is 0 Å². The van der Waals surface area contributed by atoms with Crippen LogP contribution in [0, 0.1) is 5.82 Å². The zero-order valence-electron chi connectivity index (χ0n) is 18.0.